The predicted octanol–water partition coefficient (Wildman–Crippen LogP) is 3.90. The van der Waals surface area contributed by atoms with E-state index in [0.29, 0.717) is 0 Å². The molecule has 1 aromatic rings. The Morgan fingerprint density at radius 1 is 1.18 bits per heavy atom. The van der Waals surface area contributed by atoms with E-state index in [1.54, 1.807) is 20.8 Å². The fourth-order valence-corrected chi connectivity index (χ4v) is 3.70. The summed E-state index contributed by atoms with van der Waals surface area (Å²) in [5, 5.41) is 0. The van der Waals surface area contributed by atoms with Gasteiger partial charge in [0.15, 0.2) is 0 Å². The van der Waals surface area contributed by atoms with Gasteiger partial charge in [0.1, 0.15) is 12.2 Å². The number of nitrogens with zero attached hydrogens (tertiary/aromatic N) is 2. The molecule has 3 rings (SSSR count). The number of ether oxygens (including phenoxy) is 2. The third-order valence-corrected chi connectivity index (χ3v) is 5.00. The number of hydrogen-bond acceptors (Lipinski definition) is 4. The largest absolute Gasteiger partial charge is 0.445 e. The molecule has 0 aliphatic carbocycles. The number of alkyl halides is 2. The molecular weight excluding hydrogens is 370 g/mol. The zero-order valence-electron chi connectivity index (χ0n) is 16.4. The monoisotopic (exact) mass is 396 g/mol. The SMILES string of the molecule is CC(C)(C)OC(=O)N1CC(F)(F)[C@@H]2CCN(C(=O)OCc3ccccc3)C[C@@H]21. The predicted molar refractivity (Wildman–Crippen MR) is 98.0 cm³/mol. The van der Waals surface area contributed by atoms with Gasteiger partial charge >= 0.3 is 12.2 Å². The number of rotatable bonds is 2. The van der Waals surface area contributed by atoms with E-state index < -0.39 is 42.2 Å². The van der Waals surface area contributed by atoms with Crippen LogP contribution in [0.2, 0.25) is 0 Å². The van der Waals surface area contributed by atoms with Crippen LogP contribution in [-0.4, -0.2) is 59.2 Å². The third kappa shape index (κ3) is 4.54. The molecule has 2 aliphatic heterocycles. The maximum absolute atomic E-state index is 14.4. The number of halogens is 2. The zero-order valence-corrected chi connectivity index (χ0v) is 16.4. The van der Waals surface area contributed by atoms with Gasteiger partial charge in [0.05, 0.1) is 12.6 Å². The van der Waals surface area contributed by atoms with Crippen molar-refractivity contribution in [1.29, 1.82) is 0 Å². The summed E-state index contributed by atoms with van der Waals surface area (Å²) in [5.41, 5.74) is 0.0569. The summed E-state index contributed by atoms with van der Waals surface area (Å²) >= 11 is 0. The highest BCUT2D eigenvalue weighted by molar-refractivity contribution is 5.71. The number of carbonyl (C=O) groups excluding carboxylic acids is 2. The maximum atomic E-state index is 14.4. The molecule has 8 heteroatoms. The van der Waals surface area contributed by atoms with Crippen molar-refractivity contribution in [3.8, 4) is 0 Å². The Morgan fingerprint density at radius 3 is 2.50 bits per heavy atom. The first-order valence-electron chi connectivity index (χ1n) is 9.40. The van der Waals surface area contributed by atoms with Crippen LogP contribution in [0.3, 0.4) is 0 Å². The number of likely N-dealkylation sites (tertiary alicyclic amines) is 2. The van der Waals surface area contributed by atoms with Crippen LogP contribution >= 0.6 is 0 Å². The number of hydrogen-bond donors (Lipinski definition) is 0. The Morgan fingerprint density at radius 2 is 1.86 bits per heavy atom. The Hall–Kier alpha value is -2.38. The highest BCUT2D eigenvalue weighted by atomic mass is 19.3. The summed E-state index contributed by atoms with van der Waals surface area (Å²) in [5.74, 6) is -3.99. The topological polar surface area (TPSA) is 59.1 Å². The highest BCUT2D eigenvalue weighted by Gasteiger charge is 2.58. The normalized spacial score (nSPS) is 23.9. The average molecular weight is 396 g/mol. The first-order chi connectivity index (χ1) is 13.1. The molecule has 2 saturated heterocycles. The quantitative estimate of drug-likeness (QED) is 0.761. The lowest BCUT2D eigenvalue weighted by Crippen LogP contribution is -2.53. The van der Waals surface area contributed by atoms with Crippen molar-refractivity contribution in [1.82, 2.24) is 9.80 Å². The average Bonchev–Trinajstić information content (AvgIpc) is 2.90. The summed E-state index contributed by atoms with van der Waals surface area (Å²) in [6, 6.07) is 8.43. The van der Waals surface area contributed by atoms with E-state index in [0.717, 1.165) is 10.5 Å². The molecule has 0 spiro atoms. The lowest BCUT2D eigenvalue weighted by molar-refractivity contribution is -0.0447. The molecule has 0 bridgehead atoms. The van der Waals surface area contributed by atoms with E-state index in [1.165, 1.54) is 4.90 Å². The van der Waals surface area contributed by atoms with Gasteiger partial charge in [-0.05, 0) is 32.8 Å². The molecule has 2 aliphatic rings. The fourth-order valence-electron chi connectivity index (χ4n) is 3.70. The van der Waals surface area contributed by atoms with Crippen LogP contribution < -0.4 is 0 Å². The van der Waals surface area contributed by atoms with Gasteiger partial charge < -0.3 is 14.4 Å². The summed E-state index contributed by atoms with van der Waals surface area (Å²) in [4.78, 5) is 27.3. The lowest BCUT2D eigenvalue weighted by Gasteiger charge is -2.38. The minimum atomic E-state index is -3.00. The van der Waals surface area contributed by atoms with Gasteiger partial charge in [-0.2, -0.15) is 0 Å². The molecular formula is C20H26F2N2O4. The van der Waals surface area contributed by atoms with E-state index in [-0.39, 0.29) is 26.1 Å². The van der Waals surface area contributed by atoms with Gasteiger partial charge in [0.2, 0.25) is 0 Å². The standard InChI is InChI=1S/C20H26F2N2O4/c1-19(2,3)28-18(26)24-13-20(21,22)15-9-10-23(11-16(15)24)17(25)27-12-14-7-5-4-6-8-14/h4-8,15-16H,9-13H2,1-3H3/t15-,16+/m1/s1. The zero-order chi connectivity index (χ0) is 20.5. The molecule has 6 nitrogen and oxygen atoms in total. The smallest absolute Gasteiger partial charge is 0.410 e. The molecule has 154 valence electrons. The third-order valence-electron chi connectivity index (χ3n) is 5.00. The molecule has 2 amide bonds. The lowest BCUT2D eigenvalue weighted by atomic mass is 9.90. The molecule has 0 saturated carbocycles. The van der Waals surface area contributed by atoms with E-state index in [9.17, 15) is 18.4 Å². The minimum absolute atomic E-state index is 0.00707. The molecule has 2 atom stereocenters. The number of carbonyl (C=O) groups is 2. The van der Waals surface area contributed by atoms with Crippen molar-refractivity contribution in [3.63, 3.8) is 0 Å². The number of piperidine rings is 1. The maximum Gasteiger partial charge on any atom is 0.410 e. The Labute approximate surface area is 163 Å². The molecule has 28 heavy (non-hydrogen) atoms. The van der Waals surface area contributed by atoms with E-state index in [2.05, 4.69) is 0 Å². The molecule has 0 aromatic heterocycles. The highest BCUT2D eigenvalue weighted by Crippen LogP contribution is 2.43. The van der Waals surface area contributed by atoms with Gasteiger partial charge in [-0.1, -0.05) is 30.3 Å². The molecule has 0 N–H and O–H groups in total. The summed E-state index contributed by atoms with van der Waals surface area (Å²) in [7, 11) is 0. The minimum Gasteiger partial charge on any atom is -0.445 e. The molecule has 1 aromatic carbocycles. The van der Waals surface area contributed by atoms with Crippen molar-refractivity contribution in [2.24, 2.45) is 5.92 Å². The summed E-state index contributed by atoms with van der Waals surface area (Å²) in [6.45, 7) is 4.65. The van der Waals surface area contributed by atoms with Crippen LogP contribution in [0.4, 0.5) is 18.4 Å². The van der Waals surface area contributed by atoms with Crippen LogP contribution in [-0.2, 0) is 16.1 Å². The van der Waals surface area contributed by atoms with Gasteiger partial charge in [-0.15, -0.1) is 0 Å². The first kappa shape index (κ1) is 20.4. The second-order valence-electron chi connectivity index (χ2n) is 8.32. The van der Waals surface area contributed by atoms with Crippen LogP contribution in [0, 0.1) is 5.92 Å². The Kier molecular flexibility index (Phi) is 5.50. The van der Waals surface area contributed by atoms with Crippen LogP contribution in [0.1, 0.15) is 32.8 Å². The molecule has 2 fully saturated rings. The molecule has 0 unspecified atom stereocenters. The van der Waals surface area contributed by atoms with Gasteiger partial charge in [-0.25, -0.2) is 18.4 Å². The summed E-state index contributed by atoms with van der Waals surface area (Å²) in [6.07, 6.45) is -1.24. The van der Waals surface area contributed by atoms with E-state index >= 15 is 0 Å². The second kappa shape index (κ2) is 7.56. The Bertz CT molecular complexity index is 721. The van der Waals surface area contributed by atoms with Gasteiger partial charge in [-0.3, -0.25) is 4.90 Å². The van der Waals surface area contributed by atoms with Gasteiger partial charge in [0, 0.05) is 19.0 Å². The first-order valence-corrected chi connectivity index (χ1v) is 9.40. The Balaban J connectivity index is 1.65. The van der Waals surface area contributed by atoms with Gasteiger partial charge in [0.25, 0.3) is 5.92 Å². The van der Waals surface area contributed by atoms with E-state index in [4.69, 9.17) is 9.47 Å². The van der Waals surface area contributed by atoms with E-state index in [1.807, 2.05) is 30.3 Å². The van der Waals surface area contributed by atoms with Crippen molar-refractivity contribution in [3.05, 3.63) is 35.9 Å². The van der Waals surface area contributed by atoms with Crippen LogP contribution in [0.5, 0.6) is 0 Å². The van der Waals surface area contributed by atoms with Crippen molar-refractivity contribution >= 4 is 12.2 Å². The summed E-state index contributed by atoms with van der Waals surface area (Å²) < 4.78 is 39.5. The second-order valence-corrected chi connectivity index (χ2v) is 8.32. The van der Waals surface area contributed by atoms with Crippen molar-refractivity contribution in [2.45, 2.75) is 51.4 Å². The van der Waals surface area contributed by atoms with Crippen molar-refractivity contribution < 1.29 is 27.8 Å². The number of fused-ring (bicyclic) bond motifs is 1. The number of benzene rings is 1. The fraction of sp³-hybridized carbons (Fsp3) is 0.600. The van der Waals surface area contributed by atoms with Crippen LogP contribution in [0.15, 0.2) is 30.3 Å². The molecule has 2 heterocycles. The van der Waals surface area contributed by atoms with Crippen LogP contribution in [0.25, 0.3) is 0 Å². The number of amides is 2. The molecule has 0 radical (unpaired) electrons. The van der Waals surface area contributed by atoms with Crippen molar-refractivity contribution in [2.75, 3.05) is 19.6 Å².